The standard InChI is InChI=1S/C22H28N2O6S/c1-4-31(26,27)24(18-8-9-20-21(13-18)29-11-10-28-20)15-22(25)23-14-17-6-5-7-19(12-17)30-16(2)3/h5-9,12-13,16H,4,10-11,14-15H2,1-3H3,(H,23,25). The van der Waals surface area contributed by atoms with Crippen molar-refractivity contribution in [1.82, 2.24) is 5.32 Å². The van der Waals surface area contributed by atoms with E-state index in [4.69, 9.17) is 14.2 Å². The van der Waals surface area contributed by atoms with Crippen molar-refractivity contribution in [1.29, 1.82) is 0 Å². The van der Waals surface area contributed by atoms with Gasteiger partial charge in [0.25, 0.3) is 0 Å². The van der Waals surface area contributed by atoms with Crippen molar-refractivity contribution in [2.45, 2.75) is 33.4 Å². The van der Waals surface area contributed by atoms with Crippen LogP contribution in [0.3, 0.4) is 0 Å². The van der Waals surface area contributed by atoms with E-state index in [1.54, 1.807) is 25.1 Å². The lowest BCUT2D eigenvalue weighted by atomic mass is 10.2. The van der Waals surface area contributed by atoms with E-state index in [0.717, 1.165) is 9.87 Å². The van der Waals surface area contributed by atoms with Gasteiger partial charge in [0.1, 0.15) is 25.5 Å². The van der Waals surface area contributed by atoms with Gasteiger partial charge in [-0.2, -0.15) is 0 Å². The molecule has 1 heterocycles. The summed E-state index contributed by atoms with van der Waals surface area (Å²) in [6, 6.07) is 12.3. The first-order chi connectivity index (χ1) is 14.8. The third-order valence-corrected chi connectivity index (χ3v) is 6.30. The summed E-state index contributed by atoms with van der Waals surface area (Å²) in [7, 11) is -3.68. The molecule has 1 aliphatic heterocycles. The molecule has 1 N–H and O–H groups in total. The maximum absolute atomic E-state index is 12.7. The van der Waals surface area contributed by atoms with Gasteiger partial charge in [-0.15, -0.1) is 0 Å². The second-order valence-corrected chi connectivity index (χ2v) is 9.51. The molecule has 0 aliphatic carbocycles. The van der Waals surface area contributed by atoms with Crippen LogP contribution in [-0.4, -0.2) is 45.9 Å². The second-order valence-electron chi connectivity index (χ2n) is 7.33. The highest BCUT2D eigenvalue weighted by Crippen LogP contribution is 2.34. The smallest absolute Gasteiger partial charge is 0.241 e. The first-order valence-corrected chi connectivity index (χ1v) is 11.8. The van der Waals surface area contributed by atoms with Crippen LogP contribution in [0.5, 0.6) is 17.2 Å². The van der Waals surface area contributed by atoms with Crippen LogP contribution >= 0.6 is 0 Å². The fourth-order valence-corrected chi connectivity index (χ4v) is 4.14. The number of fused-ring (bicyclic) bond motifs is 1. The number of ether oxygens (including phenoxy) is 3. The zero-order chi connectivity index (χ0) is 22.4. The second kappa shape index (κ2) is 9.91. The molecule has 0 fully saturated rings. The number of hydrogen-bond acceptors (Lipinski definition) is 6. The molecular formula is C22H28N2O6S. The number of rotatable bonds is 9. The molecule has 3 rings (SSSR count). The van der Waals surface area contributed by atoms with Crippen molar-refractivity contribution in [3.05, 3.63) is 48.0 Å². The van der Waals surface area contributed by atoms with Gasteiger partial charge in [-0.3, -0.25) is 9.10 Å². The zero-order valence-corrected chi connectivity index (χ0v) is 18.8. The topological polar surface area (TPSA) is 94.2 Å². The Hall–Kier alpha value is -2.94. The van der Waals surface area contributed by atoms with Crippen LogP contribution in [0.4, 0.5) is 5.69 Å². The summed E-state index contributed by atoms with van der Waals surface area (Å²) >= 11 is 0. The Morgan fingerprint density at radius 1 is 1.13 bits per heavy atom. The largest absolute Gasteiger partial charge is 0.491 e. The minimum Gasteiger partial charge on any atom is -0.491 e. The van der Waals surface area contributed by atoms with E-state index in [-0.39, 0.29) is 24.9 Å². The third kappa shape index (κ3) is 6.04. The summed E-state index contributed by atoms with van der Waals surface area (Å²) in [5, 5.41) is 2.78. The van der Waals surface area contributed by atoms with Gasteiger partial charge in [0, 0.05) is 12.6 Å². The number of hydrogen-bond donors (Lipinski definition) is 1. The Morgan fingerprint density at radius 3 is 2.58 bits per heavy atom. The van der Waals surface area contributed by atoms with Gasteiger partial charge >= 0.3 is 0 Å². The monoisotopic (exact) mass is 448 g/mol. The Bertz CT molecular complexity index is 1020. The molecule has 168 valence electrons. The summed E-state index contributed by atoms with van der Waals surface area (Å²) in [4.78, 5) is 12.6. The number of sulfonamides is 1. The van der Waals surface area contributed by atoms with Gasteiger partial charge in [0.15, 0.2) is 11.5 Å². The molecule has 0 saturated carbocycles. The summed E-state index contributed by atoms with van der Waals surface area (Å²) in [5.41, 5.74) is 1.21. The molecule has 1 amide bonds. The highest BCUT2D eigenvalue weighted by molar-refractivity contribution is 7.92. The molecular weight excluding hydrogens is 420 g/mol. The Balaban J connectivity index is 1.71. The molecule has 0 aromatic heterocycles. The molecule has 0 saturated heterocycles. The van der Waals surface area contributed by atoms with Crippen molar-refractivity contribution >= 4 is 21.6 Å². The predicted octanol–water partition coefficient (Wildman–Crippen LogP) is 2.72. The number of nitrogens with one attached hydrogen (secondary N) is 1. The summed E-state index contributed by atoms with van der Waals surface area (Å²) in [5.74, 6) is 1.18. The van der Waals surface area contributed by atoms with E-state index in [0.29, 0.717) is 36.1 Å². The molecule has 0 radical (unpaired) electrons. The number of nitrogens with zero attached hydrogens (tertiary/aromatic N) is 1. The van der Waals surface area contributed by atoms with Crippen molar-refractivity contribution in [2.24, 2.45) is 0 Å². The van der Waals surface area contributed by atoms with Gasteiger partial charge in [-0.25, -0.2) is 8.42 Å². The van der Waals surface area contributed by atoms with E-state index in [1.165, 1.54) is 0 Å². The van der Waals surface area contributed by atoms with E-state index in [9.17, 15) is 13.2 Å². The predicted molar refractivity (Wildman–Crippen MR) is 118 cm³/mol. The molecule has 9 heteroatoms. The molecule has 0 bridgehead atoms. The van der Waals surface area contributed by atoms with Crippen molar-refractivity contribution in [2.75, 3.05) is 29.8 Å². The number of benzene rings is 2. The average molecular weight is 449 g/mol. The Morgan fingerprint density at radius 2 is 1.87 bits per heavy atom. The normalized spacial score (nSPS) is 13.0. The van der Waals surface area contributed by atoms with Crippen LogP contribution in [0.15, 0.2) is 42.5 Å². The highest BCUT2D eigenvalue weighted by atomic mass is 32.2. The molecule has 0 spiro atoms. The zero-order valence-electron chi connectivity index (χ0n) is 18.0. The van der Waals surface area contributed by atoms with Crippen LogP contribution in [0, 0.1) is 0 Å². The quantitative estimate of drug-likeness (QED) is 0.634. The summed E-state index contributed by atoms with van der Waals surface area (Å²) < 4.78 is 43.2. The van der Waals surface area contributed by atoms with E-state index >= 15 is 0 Å². The van der Waals surface area contributed by atoms with Crippen LogP contribution in [-0.2, 0) is 21.4 Å². The SMILES string of the molecule is CCS(=O)(=O)N(CC(=O)NCc1cccc(OC(C)C)c1)c1ccc2c(c1)OCCO2. The van der Waals surface area contributed by atoms with Gasteiger partial charge in [-0.05, 0) is 50.6 Å². The van der Waals surface area contributed by atoms with E-state index in [1.807, 2.05) is 38.1 Å². The minimum absolute atomic E-state index is 0.0450. The molecule has 2 aromatic carbocycles. The molecule has 1 aliphatic rings. The molecule has 0 unspecified atom stereocenters. The first kappa shape index (κ1) is 22.7. The van der Waals surface area contributed by atoms with Gasteiger partial charge < -0.3 is 19.5 Å². The maximum Gasteiger partial charge on any atom is 0.241 e. The van der Waals surface area contributed by atoms with E-state index < -0.39 is 15.9 Å². The van der Waals surface area contributed by atoms with Gasteiger partial charge in [0.05, 0.1) is 17.5 Å². The fraction of sp³-hybridized carbons (Fsp3) is 0.409. The first-order valence-electron chi connectivity index (χ1n) is 10.2. The lowest BCUT2D eigenvalue weighted by molar-refractivity contribution is -0.119. The minimum atomic E-state index is -3.68. The van der Waals surface area contributed by atoms with Crippen LogP contribution in [0.25, 0.3) is 0 Å². The lowest BCUT2D eigenvalue weighted by Crippen LogP contribution is -2.41. The van der Waals surface area contributed by atoms with Gasteiger partial charge in [-0.1, -0.05) is 12.1 Å². The Labute approximate surface area is 183 Å². The Kier molecular flexibility index (Phi) is 7.27. The molecule has 0 atom stereocenters. The van der Waals surface area contributed by atoms with Crippen molar-refractivity contribution in [3.8, 4) is 17.2 Å². The summed E-state index contributed by atoms with van der Waals surface area (Å²) in [6.07, 6.45) is 0.0450. The number of carbonyl (C=O) groups excluding carboxylic acids is 1. The van der Waals surface area contributed by atoms with Crippen LogP contribution < -0.4 is 23.8 Å². The van der Waals surface area contributed by atoms with Crippen LogP contribution in [0.2, 0.25) is 0 Å². The molecule has 8 nitrogen and oxygen atoms in total. The average Bonchev–Trinajstić information content (AvgIpc) is 2.75. The highest BCUT2D eigenvalue weighted by Gasteiger charge is 2.25. The van der Waals surface area contributed by atoms with E-state index in [2.05, 4.69) is 5.32 Å². The summed E-state index contributed by atoms with van der Waals surface area (Å²) in [6.45, 7) is 6.17. The number of carbonyl (C=O) groups is 1. The lowest BCUT2D eigenvalue weighted by Gasteiger charge is -2.25. The molecule has 2 aromatic rings. The van der Waals surface area contributed by atoms with Gasteiger partial charge in [0.2, 0.25) is 15.9 Å². The van der Waals surface area contributed by atoms with Crippen molar-refractivity contribution < 1.29 is 27.4 Å². The molecule has 31 heavy (non-hydrogen) atoms. The number of amides is 1. The maximum atomic E-state index is 12.7. The third-order valence-electron chi connectivity index (χ3n) is 4.56. The van der Waals surface area contributed by atoms with Crippen molar-refractivity contribution in [3.63, 3.8) is 0 Å². The van der Waals surface area contributed by atoms with Crippen LogP contribution in [0.1, 0.15) is 26.3 Å². The fourth-order valence-electron chi connectivity index (χ4n) is 3.08. The number of anilines is 1.